The van der Waals surface area contributed by atoms with Crippen molar-refractivity contribution < 1.29 is 20.1 Å². The molecule has 0 aliphatic rings. The molecule has 0 saturated carbocycles. The maximum Gasteiger partial charge on any atom is 0.168 e. The van der Waals surface area contributed by atoms with Crippen LogP contribution in [-0.2, 0) is 10.5 Å². The minimum atomic E-state index is -1.70. The fraction of sp³-hybridized carbons (Fsp3) is 0.538. The second-order valence-corrected chi connectivity index (χ2v) is 4.89. The zero-order chi connectivity index (χ0) is 15.6. The van der Waals surface area contributed by atoms with Gasteiger partial charge >= 0.3 is 0 Å². The van der Waals surface area contributed by atoms with Crippen LogP contribution in [0.25, 0.3) is 11.0 Å². The number of anilines is 1. The van der Waals surface area contributed by atoms with Gasteiger partial charge in [0.2, 0.25) is 0 Å². The van der Waals surface area contributed by atoms with Gasteiger partial charge in [0.25, 0.3) is 0 Å². The summed E-state index contributed by atoms with van der Waals surface area (Å²) >= 11 is 0. The fourth-order valence-corrected chi connectivity index (χ4v) is 2.31. The summed E-state index contributed by atoms with van der Waals surface area (Å²) in [7, 11) is 3.09. The molecule has 0 radical (unpaired) electrons. The van der Waals surface area contributed by atoms with Crippen LogP contribution in [0.1, 0.15) is 6.92 Å². The van der Waals surface area contributed by atoms with E-state index in [9.17, 15) is 15.3 Å². The van der Waals surface area contributed by atoms with Crippen LogP contribution in [0.2, 0.25) is 0 Å². The summed E-state index contributed by atoms with van der Waals surface area (Å²) in [6.07, 6.45) is 0.722. The van der Waals surface area contributed by atoms with Crippen molar-refractivity contribution in [2.45, 2.75) is 24.9 Å². The number of hydrogen-bond donors (Lipinski definition) is 4. The topological polar surface area (TPSA) is 113 Å². The van der Waals surface area contributed by atoms with Crippen LogP contribution >= 0.6 is 0 Å². The number of nitrogens with zero attached hydrogens (tertiary/aromatic N) is 3. The molecule has 2 rings (SSSR count). The second-order valence-electron chi connectivity index (χ2n) is 4.89. The van der Waals surface area contributed by atoms with E-state index in [0.29, 0.717) is 16.9 Å². The van der Waals surface area contributed by atoms with E-state index in [1.165, 1.54) is 24.9 Å². The first kappa shape index (κ1) is 15.6. The van der Waals surface area contributed by atoms with E-state index in [0.717, 1.165) is 0 Å². The normalized spacial score (nSPS) is 17.4. The van der Waals surface area contributed by atoms with E-state index in [2.05, 4.69) is 15.3 Å². The molecular formula is C13H20N4O4. The van der Waals surface area contributed by atoms with Crippen molar-refractivity contribution >= 4 is 16.9 Å². The van der Waals surface area contributed by atoms with Gasteiger partial charge in [-0.2, -0.15) is 0 Å². The smallest absolute Gasteiger partial charge is 0.168 e. The molecule has 0 saturated heterocycles. The van der Waals surface area contributed by atoms with Crippen molar-refractivity contribution in [3.05, 3.63) is 18.6 Å². The molecule has 0 unspecified atom stereocenters. The molecule has 0 fully saturated rings. The molecule has 116 valence electrons. The predicted octanol–water partition coefficient (Wildman–Crippen LogP) is -0.494. The number of aliphatic hydroxyl groups is 3. The summed E-state index contributed by atoms with van der Waals surface area (Å²) in [6, 6.07) is 1.74. The summed E-state index contributed by atoms with van der Waals surface area (Å²) in [5.41, 5.74) is -1.24. The average Bonchev–Trinajstić information content (AvgIpc) is 2.92. The number of methoxy groups -OCH3 is 1. The molecule has 0 aliphatic heterocycles. The second kappa shape index (κ2) is 5.94. The molecule has 2 aromatic rings. The van der Waals surface area contributed by atoms with Crippen molar-refractivity contribution in [3.8, 4) is 0 Å². The highest BCUT2D eigenvalue weighted by molar-refractivity contribution is 5.87. The summed E-state index contributed by atoms with van der Waals surface area (Å²) < 4.78 is 6.41. The number of aliphatic hydroxyl groups excluding tert-OH is 2. The van der Waals surface area contributed by atoms with Crippen LogP contribution < -0.4 is 5.32 Å². The van der Waals surface area contributed by atoms with Crippen molar-refractivity contribution in [2.24, 2.45) is 0 Å². The predicted molar refractivity (Wildman–Crippen MR) is 76.8 cm³/mol. The Morgan fingerprint density at radius 1 is 1.48 bits per heavy atom. The summed E-state index contributed by atoms with van der Waals surface area (Å²) in [4.78, 5) is 8.24. The minimum Gasteiger partial charge on any atom is -0.394 e. The molecule has 0 aliphatic carbocycles. The Morgan fingerprint density at radius 3 is 2.76 bits per heavy atom. The van der Waals surface area contributed by atoms with E-state index in [1.807, 2.05) is 0 Å². The standard InChI is InChI=1S/C13H20N4O4/c1-13(20,10(19)9(6-18)21-3)17-5-4-8-11(14-2)15-7-16-12(8)17/h4-5,7,9-10,18-20H,6H2,1-3H3,(H,14,15,16)/t9-,10-,13-/m1/s1. The number of nitrogens with one attached hydrogen (secondary N) is 1. The highest BCUT2D eigenvalue weighted by Crippen LogP contribution is 2.28. The molecule has 21 heavy (non-hydrogen) atoms. The molecule has 3 atom stereocenters. The number of fused-ring (bicyclic) bond motifs is 1. The third kappa shape index (κ3) is 2.58. The van der Waals surface area contributed by atoms with Gasteiger partial charge in [0.1, 0.15) is 30.0 Å². The van der Waals surface area contributed by atoms with Crippen molar-refractivity contribution in [3.63, 3.8) is 0 Å². The van der Waals surface area contributed by atoms with Gasteiger partial charge in [-0.3, -0.25) is 0 Å². The van der Waals surface area contributed by atoms with E-state index in [-0.39, 0.29) is 0 Å². The average molecular weight is 296 g/mol. The number of rotatable bonds is 6. The zero-order valence-electron chi connectivity index (χ0n) is 12.2. The van der Waals surface area contributed by atoms with Gasteiger partial charge in [-0.05, 0) is 13.0 Å². The van der Waals surface area contributed by atoms with E-state index in [4.69, 9.17) is 4.74 Å². The Morgan fingerprint density at radius 2 is 2.19 bits per heavy atom. The third-order valence-electron chi connectivity index (χ3n) is 3.60. The van der Waals surface area contributed by atoms with Crippen LogP contribution in [0.5, 0.6) is 0 Å². The SMILES string of the molecule is CNc1ncnc2c1ccn2[C@](C)(O)[C@H](O)[C@@H](CO)OC. The van der Waals surface area contributed by atoms with Gasteiger partial charge in [-0.1, -0.05) is 0 Å². The van der Waals surface area contributed by atoms with E-state index < -0.39 is 24.5 Å². The molecule has 8 nitrogen and oxygen atoms in total. The summed E-state index contributed by atoms with van der Waals surface area (Å²) in [5.74, 6) is 0.620. The van der Waals surface area contributed by atoms with Gasteiger partial charge in [-0.25, -0.2) is 9.97 Å². The Bertz CT molecular complexity index is 609. The number of ether oxygens (including phenoxy) is 1. The van der Waals surface area contributed by atoms with Gasteiger partial charge in [0.05, 0.1) is 12.0 Å². The first-order valence-electron chi connectivity index (χ1n) is 6.51. The Hall–Kier alpha value is -1.74. The van der Waals surface area contributed by atoms with Crippen LogP contribution in [0.3, 0.4) is 0 Å². The van der Waals surface area contributed by atoms with Crippen molar-refractivity contribution in [2.75, 3.05) is 26.1 Å². The molecule has 0 amide bonds. The first-order chi connectivity index (χ1) is 9.97. The molecule has 8 heteroatoms. The van der Waals surface area contributed by atoms with Gasteiger partial charge in [0.15, 0.2) is 5.72 Å². The minimum absolute atomic E-state index is 0.413. The fourth-order valence-electron chi connectivity index (χ4n) is 2.31. The lowest BCUT2D eigenvalue weighted by Crippen LogP contribution is -2.50. The lowest BCUT2D eigenvalue weighted by Gasteiger charge is -2.34. The van der Waals surface area contributed by atoms with Crippen molar-refractivity contribution in [1.29, 1.82) is 0 Å². The number of aromatic nitrogens is 3. The Balaban J connectivity index is 2.50. The molecule has 0 spiro atoms. The van der Waals surface area contributed by atoms with E-state index in [1.54, 1.807) is 19.3 Å². The highest BCUT2D eigenvalue weighted by atomic mass is 16.5. The molecule has 4 N–H and O–H groups in total. The van der Waals surface area contributed by atoms with Crippen LogP contribution in [-0.4, -0.2) is 62.8 Å². The zero-order valence-corrected chi connectivity index (χ0v) is 12.2. The van der Waals surface area contributed by atoms with Crippen molar-refractivity contribution in [1.82, 2.24) is 14.5 Å². The monoisotopic (exact) mass is 296 g/mol. The molecule has 2 aromatic heterocycles. The Kier molecular flexibility index (Phi) is 4.43. The quantitative estimate of drug-likeness (QED) is 0.569. The molecule has 0 bridgehead atoms. The van der Waals surface area contributed by atoms with Gasteiger partial charge < -0.3 is 29.9 Å². The Labute approximate surface area is 122 Å². The highest BCUT2D eigenvalue weighted by Gasteiger charge is 2.39. The maximum absolute atomic E-state index is 10.7. The van der Waals surface area contributed by atoms with Crippen LogP contribution in [0.15, 0.2) is 18.6 Å². The molecular weight excluding hydrogens is 276 g/mol. The van der Waals surface area contributed by atoms with E-state index >= 15 is 0 Å². The summed E-state index contributed by atoms with van der Waals surface area (Å²) in [5, 5.41) is 33.8. The van der Waals surface area contributed by atoms with Gasteiger partial charge in [-0.15, -0.1) is 0 Å². The maximum atomic E-state index is 10.7. The van der Waals surface area contributed by atoms with Gasteiger partial charge in [0, 0.05) is 20.4 Å². The molecule has 2 heterocycles. The molecule has 0 aromatic carbocycles. The lowest BCUT2D eigenvalue weighted by atomic mass is 10.0. The first-order valence-corrected chi connectivity index (χ1v) is 6.51. The van der Waals surface area contributed by atoms with Crippen LogP contribution in [0.4, 0.5) is 5.82 Å². The lowest BCUT2D eigenvalue weighted by molar-refractivity contribution is -0.174. The van der Waals surface area contributed by atoms with Crippen LogP contribution in [0, 0.1) is 0 Å². The summed E-state index contributed by atoms with van der Waals surface area (Å²) in [6.45, 7) is 1.02. The number of hydrogen-bond acceptors (Lipinski definition) is 7. The third-order valence-corrected chi connectivity index (χ3v) is 3.60. The largest absolute Gasteiger partial charge is 0.394 e.